The lowest BCUT2D eigenvalue weighted by atomic mass is 10.1. The van der Waals surface area contributed by atoms with Crippen LogP contribution in [-0.4, -0.2) is 18.5 Å². The summed E-state index contributed by atoms with van der Waals surface area (Å²) >= 11 is 0. The summed E-state index contributed by atoms with van der Waals surface area (Å²) in [5.41, 5.74) is 8.22. The SMILES string of the molecule is Cc1ccc(C(=O)OCC(=O)N[C@@H](C)c2cc3ccccc3o2)cc1N. The summed E-state index contributed by atoms with van der Waals surface area (Å²) in [6.45, 7) is 3.27. The summed E-state index contributed by atoms with van der Waals surface area (Å²) in [6, 6.07) is 14.0. The average molecular weight is 352 g/mol. The summed E-state index contributed by atoms with van der Waals surface area (Å²) in [5, 5.41) is 3.71. The molecule has 3 N–H and O–H groups in total. The average Bonchev–Trinajstić information content (AvgIpc) is 3.06. The molecule has 2 aromatic carbocycles. The Kier molecular flexibility index (Phi) is 4.93. The van der Waals surface area contributed by atoms with Crippen molar-refractivity contribution in [1.82, 2.24) is 5.32 Å². The molecule has 0 radical (unpaired) electrons. The van der Waals surface area contributed by atoms with Crippen LogP contribution in [0.3, 0.4) is 0 Å². The van der Waals surface area contributed by atoms with Gasteiger partial charge in [-0.15, -0.1) is 0 Å². The van der Waals surface area contributed by atoms with Gasteiger partial charge in [0.2, 0.25) is 0 Å². The number of carbonyl (C=O) groups excluding carboxylic acids is 2. The van der Waals surface area contributed by atoms with Crippen LogP contribution in [0.4, 0.5) is 5.69 Å². The van der Waals surface area contributed by atoms with E-state index in [0.29, 0.717) is 17.0 Å². The van der Waals surface area contributed by atoms with Crippen LogP contribution in [0.25, 0.3) is 11.0 Å². The lowest BCUT2D eigenvalue weighted by Crippen LogP contribution is -2.31. The van der Waals surface area contributed by atoms with Crippen molar-refractivity contribution >= 4 is 28.5 Å². The van der Waals surface area contributed by atoms with Crippen LogP contribution in [0.5, 0.6) is 0 Å². The van der Waals surface area contributed by atoms with E-state index in [2.05, 4.69) is 5.32 Å². The van der Waals surface area contributed by atoms with Gasteiger partial charge >= 0.3 is 5.97 Å². The number of hydrogen-bond donors (Lipinski definition) is 2. The van der Waals surface area contributed by atoms with Crippen LogP contribution in [0.2, 0.25) is 0 Å². The zero-order valence-corrected chi connectivity index (χ0v) is 14.6. The number of nitrogen functional groups attached to an aromatic ring is 1. The molecule has 0 saturated heterocycles. The second kappa shape index (κ2) is 7.31. The molecule has 0 unspecified atom stereocenters. The van der Waals surface area contributed by atoms with E-state index in [1.54, 1.807) is 19.1 Å². The lowest BCUT2D eigenvalue weighted by molar-refractivity contribution is -0.125. The quantitative estimate of drug-likeness (QED) is 0.542. The van der Waals surface area contributed by atoms with E-state index >= 15 is 0 Å². The number of amides is 1. The molecule has 0 aliphatic heterocycles. The van der Waals surface area contributed by atoms with E-state index in [9.17, 15) is 9.59 Å². The van der Waals surface area contributed by atoms with Crippen molar-refractivity contribution in [2.75, 3.05) is 12.3 Å². The monoisotopic (exact) mass is 352 g/mol. The predicted octanol–water partition coefficient (Wildman–Crippen LogP) is 3.36. The number of para-hydroxylation sites is 1. The molecule has 6 heteroatoms. The Balaban J connectivity index is 1.56. The highest BCUT2D eigenvalue weighted by atomic mass is 16.5. The van der Waals surface area contributed by atoms with Crippen molar-refractivity contribution in [2.24, 2.45) is 0 Å². The highest BCUT2D eigenvalue weighted by molar-refractivity contribution is 5.92. The Labute approximate surface area is 150 Å². The molecule has 1 aromatic heterocycles. The predicted molar refractivity (Wildman–Crippen MR) is 98.6 cm³/mol. The topological polar surface area (TPSA) is 94.6 Å². The number of ether oxygens (including phenoxy) is 1. The van der Waals surface area contributed by atoms with Crippen molar-refractivity contribution in [2.45, 2.75) is 19.9 Å². The van der Waals surface area contributed by atoms with Gasteiger partial charge in [-0.1, -0.05) is 24.3 Å². The molecule has 0 spiro atoms. The van der Waals surface area contributed by atoms with Gasteiger partial charge in [0.05, 0.1) is 11.6 Å². The molecule has 3 aromatic rings. The number of carbonyl (C=O) groups is 2. The van der Waals surface area contributed by atoms with Crippen LogP contribution in [-0.2, 0) is 9.53 Å². The number of anilines is 1. The van der Waals surface area contributed by atoms with Crippen molar-refractivity contribution in [3.63, 3.8) is 0 Å². The molecule has 134 valence electrons. The molecular weight excluding hydrogens is 332 g/mol. The largest absolute Gasteiger partial charge is 0.459 e. The summed E-state index contributed by atoms with van der Waals surface area (Å²) < 4.78 is 10.8. The van der Waals surface area contributed by atoms with Crippen LogP contribution in [0.15, 0.2) is 52.9 Å². The van der Waals surface area contributed by atoms with Gasteiger partial charge in [-0.2, -0.15) is 0 Å². The number of rotatable bonds is 5. The van der Waals surface area contributed by atoms with Gasteiger partial charge in [0.1, 0.15) is 11.3 Å². The highest BCUT2D eigenvalue weighted by Gasteiger charge is 2.16. The van der Waals surface area contributed by atoms with E-state index in [1.807, 2.05) is 37.3 Å². The van der Waals surface area contributed by atoms with Gasteiger partial charge in [-0.3, -0.25) is 4.79 Å². The molecule has 0 saturated carbocycles. The van der Waals surface area contributed by atoms with E-state index in [-0.39, 0.29) is 12.6 Å². The molecule has 0 aliphatic carbocycles. The van der Waals surface area contributed by atoms with Gasteiger partial charge < -0.3 is 20.2 Å². The normalized spacial score (nSPS) is 11.9. The van der Waals surface area contributed by atoms with Gasteiger partial charge in [-0.05, 0) is 43.7 Å². The minimum atomic E-state index is -0.594. The number of hydrogen-bond acceptors (Lipinski definition) is 5. The molecule has 6 nitrogen and oxygen atoms in total. The second-order valence-electron chi connectivity index (χ2n) is 6.12. The Morgan fingerprint density at radius 3 is 2.69 bits per heavy atom. The Bertz CT molecular complexity index is 928. The fourth-order valence-corrected chi connectivity index (χ4v) is 2.55. The minimum absolute atomic E-state index is 0.311. The lowest BCUT2D eigenvalue weighted by Gasteiger charge is -2.12. The van der Waals surface area contributed by atoms with E-state index in [1.165, 1.54) is 6.07 Å². The number of furan rings is 1. The van der Waals surface area contributed by atoms with E-state index in [4.69, 9.17) is 14.9 Å². The molecule has 0 fully saturated rings. The molecule has 0 aliphatic rings. The van der Waals surface area contributed by atoms with E-state index in [0.717, 1.165) is 16.5 Å². The van der Waals surface area contributed by atoms with Crippen LogP contribution in [0.1, 0.15) is 34.6 Å². The molecule has 1 atom stereocenters. The first-order chi connectivity index (χ1) is 12.4. The molecule has 1 amide bonds. The Hall–Kier alpha value is -3.28. The molecule has 3 rings (SSSR count). The highest BCUT2D eigenvalue weighted by Crippen LogP contribution is 2.23. The zero-order chi connectivity index (χ0) is 18.7. The zero-order valence-electron chi connectivity index (χ0n) is 14.6. The van der Waals surface area contributed by atoms with Gasteiger partial charge in [-0.25, -0.2) is 4.79 Å². The maximum absolute atomic E-state index is 12.0. The Morgan fingerprint density at radius 2 is 1.96 bits per heavy atom. The van der Waals surface area contributed by atoms with Gasteiger partial charge in [0.15, 0.2) is 6.61 Å². The molecule has 1 heterocycles. The standard InChI is InChI=1S/C20H20N2O4/c1-12-7-8-15(9-16(12)21)20(24)25-11-19(23)22-13(2)18-10-14-5-3-4-6-17(14)26-18/h3-10,13H,11,21H2,1-2H3,(H,22,23)/t13-/m0/s1. The van der Waals surface area contributed by atoms with Crippen LogP contribution >= 0.6 is 0 Å². The van der Waals surface area contributed by atoms with E-state index < -0.39 is 11.9 Å². The summed E-state index contributed by atoms with van der Waals surface area (Å²) in [6.07, 6.45) is 0. The van der Waals surface area contributed by atoms with Crippen molar-refractivity contribution < 1.29 is 18.7 Å². The third kappa shape index (κ3) is 3.85. The third-order valence-corrected chi connectivity index (χ3v) is 4.10. The first-order valence-electron chi connectivity index (χ1n) is 8.25. The fraction of sp³-hybridized carbons (Fsp3) is 0.200. The Morgan fingerprint density at radius 1 is 1.19 bits per heavy atom. The number of esters is 1. The summed E-state index contributed by atoms with van der Waals surface area (Å²) in [4.78, 5) is 24.1. The molecular formula is C20H20N2O4. The first-order valence-corrected chi connectivity index (χ1v) is 8.25. The minimum Gasteiger partial charge on any atom is -0.459 e. The maximum atomic E-state index is 12.0. The van der Waals surface area contributed by atoms with Gasteiger partial charge in [0, 0.05) is 11.1 Å². The molecule has 0 bridgehead atoms. The smallest absolute Gasteiger partial charge is 0.338 e. The third-order valence-electron chi connectivity index (χ3n) is 4.10. The number of aryl methyl sites for hydroxylation is 1. The number of fused-ring (bicyclic) bond motifs is 1. The fourth-order valence-electron chi connectivity index (χ4n) is 2.55. The second-order valence-corrected chi connectivity index (χ2v) is 6.12. The van der Waals surface area contributed by atoms with Crippen molar-refractivity contribution in [1.29, 1.82) is 0 Å². The molecule has 26 heavy (non-hydrogen) atoms. The van der Waals surface area contributed by atoms with Crippen LogP contribution < -0.4 is 11.1 Å². The first kappa shape index (κ1) is 17.5. The number of nitrogens with two attached hydrogens (primary N) is 1. The van der Waals surface area contributed by atoms with Crippen molar-refractivity contribution in [3.8, 4) is 0 Å². The van der Waals surface area contributed by atoms with Crippen LogP contribution in [0, 0.1) is 6.92 Å². The number of benzene rings is 2. The van der Waals surface area contributed by atoms with Gasteiger partial charge in [0.25, 0.3) is 5.91 Å². The maximum Gasteiger partial charge on any atom is 0.338 e. The number of nitrogens with one attached hydrogen (secondary N) is 1. The van der Waals surface area contributed by atoms with Crippen molar-refractivity contribution in [3.05, 3.63) is 65.4 Å². The summed E-state index contributed by atoms with van der Waals surface area (Å²) in [7, 11) is 0. The summed E-state index contributed by atoms with van der Waals surface area (Å²) in [5.74, 6) is -0.369.